The van der Waals surface area contributed by atoms with E-state index in [9.17, 15) is 10.1 Å². The standard InChI is InChI=1S/C9H9NO3/c1-7-6-8(2-3-9(7)11)4-5-10(12)13/h2-6,11H,1H3/b5-4-. The molecule has 0 spiro atoms. The zero-order chi connectivity index (χ0) is 9.84. The van der Waals surface area contributed by atoms with Crippen LogP contribution in [0.2, 0.25) is 0 Å². The van der Waals surface area contributed by atoms with Crippen molar-refractivity contribution < 1.29 is 10.0 Å². The molecule has 1 N–H and O–H groups in total. The largest absolute Gasteiger partial charge is 0.508 e. The van der Waals surface area contributed by atoms with E-state index < -0.39 is 4.92 Å². The predicted octanol–water partition coefficient (Wildman–Crippen LogP) is 1.95. The summed E-state index contributed by atoms with van der Waals surface area (Å²) >= 11 is 0. The van der Waals surface area contributed by atoms with E-state index in [1.54, 1.807) is 19.1 Å². The zero-order valence-corrected chi connectivity index (χ0v) is 7.10. The Labute approximate surface area is 75.3 Å². The second kappa shape index (κ2) is 3.71. The molecule has 0 saturated carbocycles. The second-order valence-corrected chi connectivity index (χ2v) is 2.65. The first kappa shape index (κ1) is 9.25. The summed E-state index contributed by atoms with van der Waals surface area (Å²) in [4.78, 5) is 9.47. The van der Waals surface area contributed by atoms with E-state index in [0.717, 1.165) is 6.20 Å². The quantitative estimate of drug-likeness (QED) is 0.557. The molecular formula is C9H9NO3. The molecule has 1 rings (SSSR count). The molecule has 0 aliphatic carbocycles. The minimum Gasteiger partial charge on any atom is -0.508 e. The number of aromatic hydroxyl groups is 1. The van der Waals surface area contributed by atoms with E-state index in [1.165, 1.54) is 12.1 Å². The van der Waals surface area contributed by atoms with E-state index >= 15 is 0 Å². The Morgan fingerprint density at radius 3 is 2.77 bits per heavy atom. The lowest BCUT2D eigenvalue weighted by atomic mass is 10.1. The lowest BCUT2D eigenvalue weighted by Gasteiger charge is -1.98. The summed E-state index contributed by atoms with van der Waals surface area (Å²) in [7, 11) is 0. The minimum atomic E-state index is -0.526. The highest BCUT2D eigenvalue weighted by atomic mass is 16.6. The van der Waals surface area contributed by atoms with E-state index in [2.05, 4.69) is 0 Å². The van der Waals surface area contributed by atoms with Gasteiger partial charge in [-0.25, -0.2) is 0 Å². The Bertz CT molecular complexity index is 358. The van der Waals surface area contributed by atoms with Crippen molar-refractivity contribution >= 4 is 6.08 Å². The topological polar surface area (TPSA) is 63.4 Å². The van der Waals surface area contributed by atoms with Crippen LogP contribution in [0.15, 0.2) is 24.4 Å². The molecular weight excluding hydrogens is 170 g/mol. The van der Waals surface area contributed by atoms with Crippen LogP contribution in [-0.2, 0) is 0 Å². The summed E-state index contributed by atoms with van der Waals surface area (Å²) in [6.07, 6.45) is 2.25. The van der Waals surface area contributed by atoms with Crippen LogP contribution in [0.3, 0.4) is 0 Å². The molecule has 0 fully saturated rings. The molecule has 0 bridgehead atoms. The molecule has 1 aromatic carbocycles. The van der Waals surface area contributed by atoms with Gasteiger partial charge in [-0.1, -0.05) is 6.07 Å². The number of phenolic OH excluding ortho intramolecular Hbond substituents is 1. The molecule has 68 valence electrons. The molecule has 0 aliphatic rings. The molecule has 4 heteroatoms. The predicted molar refractivity (Wildman–Crippen MR) is 48.9 cm³/mol. The number of rotatable bonds is 2. The Kier molecular flexibility index (Phi) is 2.64. The van der Waals surface area contributed by atoms with Gasteiger partial charge in [0, 0.05) is 6.08 Å². The minimum absolute atomic E-state index is 0.193. The van der Waals surface area contributed by atoms with Gasteiger partial charge in [0.2, 0.25) is 6.20 Å². The maximum atomic E-state index is 9.99. The number of aryl methyl sites for hydroxylation is 1. The molecule has 1 aromatic rings. The Hall–Kier alpha value is -1.84. The third-order valence-electron chi connectivity index (χ3n) is 1.61. The molecule has 0 amide bonds. The molecule has 0 aliphatic heterocycles. The fraction of sp³-hybridized carbons (Fsp3) is 0.111. The van der Waals surface area contributed by atoms with Crippen LogP contribution in [0.25, 0.3) is 6.08 Å². The first-order chi connectivity index (χ1) is 6.09. The Morgan fingerprint density at radius 1 is 1.54 bits per heavy atom. The molecule has 0 atom stereocenters. The van der Waals surface area contributed by atoms with E-state index in [4.69, 9.17) is 5.11 Å². The highest BCUT2D eigenvalue weighted by molar-refractivity contribution is 5.51. The van der Waals surface area contributed by atoms with Gasteiger partial charge < -0.3 is 5.11 Å². The number of phenols is 1. The summed E-state index contributed by atoms with van der Waals surface area (Å²) in [6.45, 7) is 1.73. The van der Waals surface area contributed by atoms with Crippen molar-refractivity contribution in [2.75, 3.05) is 0 Å². The number of benzene rings is 1. The first-order valence-corrected chi connectivity index (χ1v) is 3.71. The average molecular weight is 179 g/mol. The summed E-state index contributed by atoms with van der Waals surface area (Å²) in [5.41, 5.74) is 1.40. The van der Waals surface area contributed by atoms with Gasteiger partial charge >= 0.3 is 0 Å². The van der Waals surface area contributed by atoms with Gasteiger partial charge in [-0.05, 0) is 30.2 Å². The molecule has 13 heavy (non-hydrogen) atoms. The summed E-state index contributed by atoms with van der Waals surface area (Å²) in [5, 5.41) is 19.2. The van der Waals surface area contributed by atoms with Crippen molar-refractivity contribution in [3.63, 3.8) is 0 Å². The van der Waals surface area contributed by atoms with Gasteiger partial charge in [0.25, 0.3) is 0 Å². The fourth-order valence-electron chi connectivity index (χ4n) is 0.929. The monoisotopic (exact) mass is 179 g/mol. The lowest BCUT2D eigenvalue weighted by Crippen LogP contribution is -1.83. The number of nitro groups is 1. The third kappa shape index (κ3) is 2.59. The average Bonchev–Trinajstić information content (AvgIpc) is 2.07. The highest BCUT2D eigenvalue weighted by Gasteiger charge is 1.96. The Morgan fingerprint density at radius 2 is 2.23 bits per heavy atom. The van der Waals surface area contributed by atoms with Crippen molar-refractivity contribution in [2.45, 2.75) is 6.92 Å². The number of hydrogen-bond donors (Lipinski definition) is 1. The summed E-state index contributed by atoms with van der Waals surface area (Å²) < 4.78 is 0. The molecule has 0 aromatic heterocycles. The number of nitrogens with zero attached hydrogens (tertiary/aromatic N) is 1. The zero-order valence-electron chi connectivity index (χ0n) is 7.10. The first-order valence-electron chi connectivity index (χ1n) is 3.71. The van der Waals surface area contributed by atoms with Crippen molar-refractivity contribution in [2.24, 2.45) is 0 Å². The van der Waals surface area contributed by atoms with Gasteiger partial charge in [0.05, 0.1) is 4.92 Å². The van der Waals surface area contributed by atoms with Crippen LogP contribution in [0, 0.1) is 17.0 Å². The van der Waals surface area contributed by atoms with Crippen LogP contribution in [0.4, 0.5) is 0 Å². The summed E-state index contributed by atoms with van der Waals surface area (Å²) in [5.74, 6) is 0.193. The van der Waals surface area contributed by atoms with Gasteiger partial charge in [0.15, 0.2) is 0 Å². The number of hydrogen-bond acceptors (Lipinski definition) is 3. The SMILES string of the molecule is Cc1cc(/C=C\[N+](=O)[O-])ccc1O. The van der Waals surface area contributed by atoms with Crippen molar-refractivity contribution in [1.82, 2.24) is 0 Å². The van der Waals surface area contributed by atoms with E-state index in [1.807, 2.05) is 0 Å². The molecule has 0 heterocycles. The molecule has 0 unspecified atom stereocenters. The summed E-state index contributed by atoms with van der Waals surface area (Å²) in [6, 6.07) is 4.80. The lowest BCUT2D eigenvalue weighted by molar-refractivity contribution is -0.400. The molecule has 0 radical (unpaired) electrons. The Balaban J connectivity index is 2.92. The maximum Gasteiger partial charge on any atom is 0.235 e. The van der Waals surface area contributed by atoms with Crippen LogP contribution in [0.5, 0.6) is 5.75 Å². The van der Waals surface area contributed by atoms with Gasteiger partial charge in [-0.2, -0.15) is 0 Å². The van der Waals surface area contributed by atoms with Crippen LogP contribution < -0.4 is 0 Å². The van der Waals surface area contributed by atoms with Crippen LogP contribution in [-0.4, -0.2) is 10.0 Å². The highest BCUT2D eigenvalue weighted by Crippen LogP contribution is 2.17. The molecule has 4 nitrogen and oxygen atoms in total. The fourth-order valence-corrected chi connectivity index (χ4v) is 0.929. The van der Waals surface area contributed by atoms with Crippen molar-refractivity contribution in [3.05, 3.63) is 45.6 Å². The second-order valence-electron chi connectivity index (χ2n) is 2.65. The smallest absolute Gasteiger partial charge is 0.235 e. The van der Waals surface area contributed by atoms with E-state index in [-0.39, 0.29) is 5.75 Å². The maximum absolute atomic E-state index is 9.99. The molecule has 0 saturated heterocycles. The van der Waals surface area contributed by atoms with Gasteiger partial charge in [-0.3, -0.25) is 10.1 Å². The van der Waals surface area contributed by atoms with Crippen LogP contribution in [0.1, 0.15) is 11.1 Å². The van der Waals surface area contributed by atoms with Crippen molar-refractivity contribution in [3.8, 4) is 5.75 Å². The van der Waals surface area contributed by atoms with Gasteiger partial charge in [-0.15, -0.1) is 0 Å². The van der Waals surface area contributed by atoms with Gasteiger partial charge in [0.1, 0.15) is 5.75 Å². The van der Waals surface area contributed by atoms with Crippen molar-refractivity contribution in [1.29, 1.82) is 0 Å². The third-order valence-corrected chi connectivity index (χ3v) is 1.61. The van der Waals surface area contributed by atoms with Crippen LogP contribution >= 0.6 is 0 Å². The van der Waals surface area contributed by atoms with E-state index in [0.29, 0.717) is 11.1 Å². The normalized spacial score (nSPS) is 10.5.